The maximum Gasteiger partial charge on any atom is 0.271 e. The minimum atomic E-state index is -0.609. The lowest BCUT2D eigenvalue weighted by Crippen LogP contribution is -2.28. The summed E-state index contributed by atoms with van der Waals surface area (Å²) in [5, 5.41) is 15.9. The summed E-state index contributed by atoms with van der Waals surface area (Å²) in [6, 6.07) is 11.5. The Labute approximate surface area is 165 Å². The molecule has 144 valence electrons. The largest absolute Gasteiger partial charge is 0.326 e. The highest BCUT2D eigenvalue weighted by Crippen LogP contribution is 2.28. The number of carbonyl (C=O) groups excluding carboxylic acids is 2. The molecule has 1 heterocycles. The second kappa shape index (κ2) is 8.22. The van der Waals surface area contributed by atoms with Gasteiger partial charge in [0.05, 0.1) is 10.6 Å². The lowest BCUT2D eigenvalue weighted by atomic mass is 10.1. The van der Waals surface area contributed by atoms with Crippen molar-refractivity contribution in [3.05, 3.63) is 63.7 Å². The fourth-order valence-electron chi connectivity index (χ4n) is 2.62. The summed E-state index contributed by atoms with van der Waals surface area (Å²) in [4.78, 5) is 39.2. The average Bonchev–Trinajstić information content (AvgIpc) is 2.97. The Morgan fingerprint density at radius 3 is 2.82 bits per heavy atom. The third-order valence-electron chi connectivity index (χ3n) is 4.07. The number of nitrogens with one attached hydrogen (secondary N) is 2. The van der Waals surface area contributed by atoms with Crippen molar-refractivity contribution in [2.24, 2.45) is 4.99 Å². The van der Waals surface area contributed by atoms with Gasteiger partial charge in [-0.2, -0.15) is 0 Å². The number of thioether (sulfide) groups is 1. The molecule has 0 radical (unpaired) electrons. The zero-order valence-electron chi connectivity index (χ0n) is 15.3. The first-order valence-electron chi connectivity index (χ1n) is 8.49. The number of aryl methyl sites for hydroxylation is 2. The Kier molecular flexibility index (Phi) is 5.74. The molecule has 0 bridgehead atoms. The molecule has 1 atom stereocenters. The summed E-state index contributed by atoms with van der Waals surface area (Å²) < 4.78 is 0. The van der Waals surface area contributed by atoms with Crippen LogP contribution in [-0.2, 0) is 9.59 Å². The number of non-ortho nitro benzene ring substituents is 1. The van der Waals surface area contributed by atoms with Gasteiger partial charge in [0.25, 0.3) is 5.69 Å². The maximum absolute atomic E-state index is 12.2. The molecule has 9 heteroatoms. The monoisotopic (exact) mass is 398 g/mol. The highest BCUT2D eigenvalue weighted by molar-refractivity contribution is 8.15. The summed E-state index contributed by atoms with van der Waals surface area (Å²) in [6.45, 7) is 3.90. The number of amidine groups is 1. The highest BCUT2D eigenvalue weighted by Gasteiger charge is 2.32. The molecule has 0 aromatic heterocycles. The molecule has 8 nitrogen and oxygen atoms in total. The van der Waals surface area contributed by atoms with Crippen LogP contribution >= 0.6 is 11.8 Å². The third kappa shape index (κ3) is 4.74. The quantitative estimate of drug-likeness (QED) is 0.591. The summed E-state index contributed by atoms with van der Waals surface area (Å²) in [6.07, 6.45) is -0.0645. The number of rotatable bonds is 5. The van der Waals surface area contributed by atoms with Gasteiger partial charge in [0, 0.05) is 24.2 Å². The molecular formula is C19H18N4O4S. The van der Waals surface area contributed by atoms with Crippen molar-refractivity contribution in [2.45, 2.75) is 25.5 Å². The standard InChI is InChI=1S/C19H18N4O4S/c1-11-6-7-12(2)15(8-11)21-19-22-18(25)16(28-19)10-17(24)20-13-4-3-5-14(9-13)23(26)27/h3-9,16H,10H2,1-2H3,(H,20,24)(H,21,22,25)/t16-/m1/s1. The van der Waals surface area contributed by atoms with Crippen molar-refractivity contribution in [1.82, 2.24) is 5.32 Å². The van der Waals surface area contributed by atoms with Crippen molar-refractivity contribution in [3.8, 4) is 0 Å². The van der Waals surface area contributed by atoms with Gasteiger partial charge < -0.3 is 10.6 Å². The molecule has 2 amide bonds. The molecule has 1 fully saturated rings. The number of nitrogens with zero attached hydrogens (tertiary/aromatic N) is 2. The molecule has 2 aromatic carbocycles. The molecule has 0 saturated carbocycles. The van der Waals surface area contributed by atoms with Crippen LogP contribution < -0.4 is 10.6 Å². The van der Waals surface area contributed by atoms with Crippen LogP contribution in [0.5, 0.6) is 0 Å². The summed E-state index contributed by atoms with van der Waals surface area (Å²) >= 11 is 1.20. The van der Waals surface area contributed by atoms with Crippen LogP contribution in [0.2, 0.25) is 0 Å². The summed E-state index contributed by atoms with van der Waals surface area (Å²) in [7, 11) is 0. The zero-order valence-corrected chi connectivity index (χ0v) is 16.1. The topological polar surface area (TPSA) is 114 Å². The number of anilines is 1. The molecular weight excluding hydrogens is 380 g/mol. The van der Waals surface area contributed by atoms with Crippen molar-refractivity contribution in [1.29, 1.82) is 0 Å². The van der Waals surface area contributed by atoms with Gasteiger partial charge in [-0.25, -0.2) is 4.99 Å². The lowest BCUT2D eigenvalue weighted by Gasteiger charge is -2.07. The molecule has 0 spiro atoms. The second-order valence-electron chi connectivity index (χ2n) is 6.36. The second-order valence-corrected chi connectivity index (χ2v) is 7.55. The van der Waals surface area contributed by atoms with E-state index in [1.807, 2.05) is 32.0 Å². The Morgan fingerprint density at radius 2 is 2.07 bits per heavy atom. The van der Waals surface area contributed by atoms with E-state index in [0.717, 1.165) is 16.8 Å². The zero-order chi connectivity index (χ0) is 20.3. The van der Waals surface area contributed by atoms with Crippen molar-refractivity contribution < 1.29 is 14.5 Å². The van der Waals surface area contributed by atoms with E-state index in [4.69, 9.17) is 0 Å². The van der Waals surface area contributed by atoms with E-state index in [1.165, 1.54) is 30.0 Å². The number of benzene rings is 2. The fourth-order valence-corrected chi connectivity index (χ4v) is 3.60. The van der Waals surface area contributed by atoms with Crippen LogP contribution in [0.4, 0.5) is 17.1 Å². The molecule has 1 aliphatic heterocycles. The first kappa shape index (κ1) is 19.6. The number of hydrogen-bond acceptors (Lipinski definition) is 6. The van der Waals surface area contributed by atoms with Crippen LogP contribution in [0.3, 0.4) is 0 Å². The Balaban J connectivity index is 1.65. The van der Waals surface area contributed by atoms with Crippen molar-refractivity contribution >= 4 is 45.8 Å². The van der Waals surface area contributed by atoms with Gasteiger partial charge >= 0.3 is 0 Å². The lowest BCUT2D eigenvalue weighted by molar-refractivity contribution is -0.384. The van der Waals surface area contributed by atoms with E-state index >= 15 is 0 Å². The van der Waals surface area contributed by atoms with Crippen LogP contribution in [0.1, 0.15) is 17.5 Å². The minimum Gasteiger partial charge on any atom is -0.326 e. The van der Waals surface area contributed by atoms with Gasteiger partial charge in [-0.15, -0.1) is 0 Å². The number of carbonyl (C=O) groups is 2. The molecule has 0 aliphatic carbocycles. The predicted octanol–water partition coefficient (Wildman–Crippen LogP) is 3.46. The molecule has 2 aromatic rings. The van der Waals surface area contributed by atoms with Gasteiger partial charge in [0.15, 0.2) is 5.17 Å². The number of nitro benzene ring substituents is 1. The summed E-state index contributed by atoms with van der Waals surface area (Å²) in [5.74, 6) is -0.690. The van der Waals surface area contributed by atoms with Gasteiger partial charge in [0.2, 0.25) is 11.8 Å². The predicted molar refractivity (Wildman–Crippen MR) is 109 cm³/mol. The first-order valence-corrected chi connectivity index (χ1v) is 9.37. The smallest absolute Gasteiger partial charge is 0.271 e. The van der Waals surface area contributed by atoms with Gasteiger partial charge in [-0.1, -0.05) is 30.0 Å². The van der Waals surface area contributed by atoms with Gasteiger partial charge in [0.1, 0.15) is 5.25 Å². The molecule has 1 saturated heterocycles. The van der Waals surface area contributed by atoms with E-state index in [0.29, 0.717) is 10.9 Å². The first-order chi connectivity index (χ1) is 13.3. The number of amides is 2. The average molecular weight is 398 g/mol. The molecule has 0 unspecified atom stereocenters. The number of hydrogen-bond donors (Lipinski definition) is 2. The van der Waals surface area contributed by atoms with E-state index in [1.54, 1.807) is 6.07 Å². The van der Waals surface area contributed by atoms with E-state index in [-0.39, 0.29) is 18.0 Å². The Bertz CT molecular complexity index is 990. The fraction of sp³-hybridized carbons (Fsp3) is 0.211. The SMILES string of the molecule is Cc1ccc(C)c(N=C2NC(=O)[C@@H](CC(=O)Nc3cccc([N+](=O)[O-])c3)S2)c1. The third-order valence-corrected chi connectivity index (χ3v) is 5.16. The van der Waals surface area contributed by atoms with Crippen LogP contribution in [0, 0.1) is 24.0 Å². The normalized spacial score (nSPS) is 17.4. The Morgan fingerprint density at radius 1 is 1.29 bits per heavy atom. The number of aliphatic imine (C=N–C) groups is 1. The molecule has 28 heavy (non-hydrogen) atoms. The molecule has 1 aliphatic rings. The Hall–Kier alpha value is -3.20. The minimum absolute atomic E-state index is 0.0645. The van der Waals surface area contributed by atoms with Crippen molar-refractivity contribution in [3.63, 3.8) is 0 Å². The van der Waals surface area contributed by atoms with E-state index < -0.39 is 16.1 Å². The van der Waals surface area contributed by atoms with Crippen LogP contribution in [-0.4, -0.2) is 27.2 Å². The van der Waals surface area contributed by atoms with Crippen LogP contribution in [0.25, 0.3) is 0 Å². The highest BCUT2D eigenvalue weighted by atomic mass is 32.2. The molecule has 3 rings (SSSR count). The summed E-state index contributed by atoms with van der Waals surface area (Å²) in [5.41, 5.74) is 3.01. The van der Waals surface area contributed by atoms with Gasteiger partial charge in [-0.05, 0) is 37.1 Å². The van der Waals surface area contributed by atoms with Gasteiger partial charge in [-0.3, -0.25) is 19.7 Å². The van der Waals surface area contributed by atoms with E-state index in [2.05, 4.69) is 15.6 Å². The number of nitro groups is 1. The van der Waals surface area contributed by atoms with E-state index in [9.17, 15) is 19.7 Å². The van der Waals surface area contributed by atoms with Crippen molar-refractivity contribution in [2.75, 3.05) is 5.32 Å². The molecule has 2 N–H and O–H groups in total. The van der Waals surface area contributed by atoms with Crippen LogP contribution in [0.15, 0.2) is 47.5 Å². The maximum atomic E-state index is 12.2.